The summed E-state index contributed by atoms with van der Waals surface area (Å²) in [5, 5.41) is 5.88. The first-order valence-corrected chi connectivity index (χ1v) is 7.87. The van der Waals surface area contributed by atoms with E-state index in [1.165, 1.54) is 0 Å². The van der Waals surface area contributed by atoms with E-state index < -0.39 is 0 Å². The van der Waals surface area contributed by atoms with E-state index in [0.717, 1.165) is 11.3 Å². The van der Waals surface area contributed by atoms with E-state index >= 15 is 0 Å². The molecule has 0 bridgehead atoms. The third-order valence-electron chi connectivity index (χ3n) is 3.29. The summed E-state index contributed by atoms with van der Waals surface area (Å²) in [6, 6.07) is 11.0. The molecule has 0 unspecified atom stereocenters. The topological polar surface area (TPSA) is 80.0 Å². The van der Waals surface area contributed by atoms with Gasteiger partial charge in [0.1, 0.15) is 0 Å². The van der Waals surface area contributed by atoms with Crippen molar-refractivity contribution in [1.29, 1.82) is 0 Å². The second kappa shape index (κ2) is 6.76. The Bertz CT molecular complexity index is 871. The maximum Gasteiger partial charge on any atom is 0.228 e. The number of aromatic nitrogens is 2. The van der Waals surface area contributed by atoms with Crippen molar-refractivity contribution in [2.75, 3.05) is 5.32 Å². The molecule has 0 aliphatic carbocycles. The number of carbonyl (C=O) groups is 1. The first-order valence-electron chi connectivity index (χ1n) is 7.47. The second-order valence-corrected chi connectivity index (χ2v) is 5.93. The minimum Gasteiger partial charge on any atom is -0.434 e. The van der Waals surface area contributed by atoms with Gasteiger partial charge >= 0.3 is 0 Å². The largest absolute Gasteiger partial charge is 0.434 e. The van der Waals surface area contributed by atoms with Crippen molar-refractivity contribution in [3.8, 4) is 11.5 Å². The molecule has 7 heteroatoms. The average Bonchev–Trinajstić information content (AvgIpc) is 2.99. The Kier molecular flexibility index (Phi) is 4.52. The first-order chi connectivity index (χ1) is 11.5. The molecule has 0 aliphatic rings. The average molecular weight is 340 g/mol. The van der Waals surface area contributed by atoms with E-state index in [4.69, 9.17) is 16.6 Å². The fourth-order valence-electron chi connectivity index (χ4n) is 2.04. The van der Waals surface area contributed by atoms with Gasteiger partial charge in [-0.25, -0.2) is 4.98 Å². The van der Waals surface area contributed by atoms with Gasteiger partial charge in [0, 0.05) is 23.4 Å². The number of oxazole rings is 1. The number of hydrogen-bond acceptors (Lipinski definition) is 5. The van der Waals surface area contributed by atoms with Crippen LogP contribution in [0.15, 0.2) is 47.0 Å². The molecule has 6 nitrogen and oxygen atoms in total. The number of hydrogen-bond donors (Lipinski definition) is 2. The van der Waals surface area contributed by atoms with Gasteiger partial charge in [0.05, 0.1) is 0 Å². The van der Waals surface area contributed by atoms with Gasteiger partial charge in [0.2, 0.25) is 11.8 Å². The molecular weight excluding hydrogens is 324 g/mol. The molecule has 1 aromatic carbocycles. The number of anilines is 1. The third-order valence-corrected chi connectivity index (χ3v) is 3.50. The highest BCUT2D eigenvalue weighted by molar-refractivity contribution is 7.80. The van der Waals surface area contributed by atoms with Crippen molar-refractivity contribution < 1.29 is 9.21 Å². The highest BCUT2D eigenvalue weighted by Gasteiger charge is 2.11. The summed E-state index contributed by atoms with van der Waals surface area (Å²) in [4.78, 5) is 20.2. The standard InChI is InChI=1S/C17H16N4O2S/c1-10(2)15(22)21-17(24)19-12-6-3-5-11(9-12)16-20-14-13(23-16)7-4-8-18-14/h3-10H,1-2H3,(H2,19,21,22,24). The fraction of sp³-hybridized carbons (Fsp3) is 0.176. The number of nitrogens with zero attached hydrogens (tertiary/aromatic N) is 2. The monoisotopic (exact) mass is 340 g/mol. The molecule has 24 heavy (non-hydrogen) atoms. The minimum atomic E-state index is -0.136. The van der Waals surface area contributed by atoms with Gasteiger partial charge in [-0.15, -0.1) is 0 Å². The summed E-state index contributed by atoms with van der Waals surface area (Å²) < 4.78 is 5.71. The molecule has 1 amide bonds. The van der Waals surface area contributed by atoms with Crippen molar-refractivity contribution in [3.63, 3.8) is 0 Å². The molecule has 0 saturated heterocycles. The Morgan fingerprint density at radius 3 is 2.83 bits per heavy atom. The number of amides is 1. The molecule has 3 aromatic rings. The number of fused-ring (bicyclic) bond motifs is 1. The highest BCUT2D eigenvalue weighted by Crippen LogP contribution is 2.25. The second-order valence-electron chi connectivity index (χ2n) is 5.52. The van der Waals surface area contributed by atoms with E-state index in [-0.39, 0.29) is 16.9 Å². The summed E-state index contributed by atoms with van der Waals surface area (Å²) in [6.07, 6.45) is 1.67. The van der Waals surface area contributed by atoms with Gasteiger partial charge < -0.3 is 15.1 Å². The molecule has 0 aliphatic heterocycles. The van der Waals surface area contributed by atoms with Crippen LogP contribution in [0.4, 0.5) is 5.69 Å². The zero-order valence-corrected chi connectivity index (χ0v) is 14.1. The van der Waals surface area contributed by atoms with Crippen LogP contribution in [0.1, 0.15) is 13.8 Å². The van der Waals surface area contributed by atoms with E-state index in [9.17, 15) is 4.79 Å². The van der Waals surface area contributed by atoms with Crippen LogP contribution in [0, 0.1) is 5.92 Å². The van der Waals surface area contributed by atoms with Crippen LogP contribution >= 0.6 is 12.2 Å². The lowest BCUT2D eigenvalue weighted by Crippen LogP contribution is -2.36. The zero-order chi connectivity index (χ0) is 17.1. The quantitative estimate of drug-likeness (QED) is 0.712. The van der Waals surface area contributed by atoms with Crippen molar-refractivity contribution in [2.24, 2.45) is 5.92 Å². The number of nitrogens with one attached hydrogen (secondary N) is 2. The van der Waals surface area contributed by atoms with Gasteiger partial charge in [-0.2, -0.15) is 4.98 Å². The van der Waals surface area contributed by atoms with Gasteiger partial charge in [0.15, 0.2) is 16.3 Å². The summed E-state index contributed by atoms with van der Waals surface area (Å²) in [7, 11) is 0. The van der Waals surface area contributed by atoms with Gasteiger partial charge in [-0.3, -0.25) is 4.79 Å². The number of pyridine rings is 1. The molecule has 2 aromatic heterocycles. The lowest BCUT2D eigenvalue weighted by atomic mass is 10.2. The molecule has 0 saturated carbocycles. The molecule has 2 N–H and O–H groups in total. The highest BCUT2D eigenvalue weighted by atomic mass is 32.1. The Hall–Kier alpha value is -2.80. The predicted molar refractivity (Wildman–Crippen MR) is 96.4 cm³/mol. The van der Waals surface area contributed by atoms with Crippen LogP contribution in [-0.2, 0) is 4.79 Å². The van der Waals surface area contributed by atoms with Crippen LogP contribution in [0.25, 0.3) is 22.7 Å². The van der Waals surface area contributed by atoms with Crippen LogP contribution in [0.3, 0.4) is 0 Å². The SMILES string of the molecule is CC(C)C(=O)NC(=S)Nc1cccc(-c2nc3ncccc3o2)c1. The molecule has 0 atom stereocenters. The number of rotatable bonds is 3. The summed E-state index contributed by atoms with van der Waals surface area (Å²) in [6.45, 7) is 3.61. The van der Waals surface area contributed by atoms with Crippen molar-refractivity contribution in [1.82, 2.24) is 15.3 Å². The van der Waals surface area contributed by atoms with Crippen molar-refractivity contribution >= 4 is 40.2 Å². The van der Waals surface area contributed by atoms with Gasteiger partial charge in [0.25, 0.3) is 0 Å². The van der Waals surface area contributed by atoms with Crippen LogP contribution in [0.2, 0.25) is 0 Å². The predicted octanol–water partition coefficient (Wildman–Crippen LogP) is 3.36. The van der Waals surface area contributed by atoms with Crippen LogP contribution < -0.4 is 10.6 Å². The van der Waals surface area contributed by atoms with E-state index in [1.54, 1.807) is 26.1 Å². The minimum absolute atomic E-state index is 0.131. The molecule has 3 rings (SSSR count). The number of thiocarbonyl (C=S) groups is 1. The van der Waals surface area contributed by atoms with E-state index in [1.807, 2.05) is 30.3 Å². The molecule has 0 spiro atoms. The third kappa shape index (κ3) is 3.57. The lowest BCUT2D eigenvalue weighted by molar-refractivity contribution is -0.122. The normalized spacial score (nSPS) is 10.8. The lowest BCUT2D eigenvalue weighted by Gasteiger charge is -2.11. The fourth-order valence-corrected chi connectivity index (χ4v) is 2.26. The Balaban J connectivity index is 1.79. The smallest absolute Gasteiger partial charge is 0.228 e. The zero-order valence-electron chi connectivity index (χ0n) is 13.2. The van der Waals surface area contributed by atoms with E-state index in [0.29, 0.717) is 17.1 Å². The molecule has 0 fully saturated rings. The van der Waals surface area contributed by atoms with E-state index in [2.05, 4.69) is 20.6 Å². The Morgan fingerprint density at radius 2 is 2.08 bits per heavy atom. The Labute approximate surface area is 144 Å². The molecular formula is C17H16N4O2S. The number of carbonyl (C=O) groups excluding carboxylic acids is 1. The Morgan fingerprint density at radius 1 is 1.25 bits per heavy atom. The molecule has 0 radical (unpaired) electrons. The van der Waals surface area contributed by atoms with Crippen LogP contribution in [0.5, 0.6) is 0 Å². The van der Waals surface area contributed by atoms with Gasteiger partial charge in [-0.05, 0) is 42.5 Å². The first kappa shape index (κ1) is 16.1. The summed E-state index contributed by atoms with van der Waals surface area (Å²) in [5.41, 5.74) is 2.71. The van der Waals surface area contributed by atoms with Crippen LogP contribution in [-0.4, -0.2) is 21.0 Å². The molecule has 2 heterocycles. The van der Waals surface area contributed by atoms with Crippen molar-refractivity contribution in [2.45, 2.75) is 13.8 Å². The van der Waals surface area contributed by atoms with Gasteiger partial charge in [-0.1, -0.05) is 19.9 Å². The molecule has 122 valence electrons. The van der Waals surface area contributed by atoms with Crippen molar-refractivity contribution in [3.05, 3.63) is 42.6 Å². The summed E-state index contributed by atoms with van der Waals surface area (Å²) in [5.74, 6) is 0.210. The number of benzene rings is 1. The maximum atomic E-state index is 11.7. The maximum absolute atomic E-state index is 11.7. The summed E-state index contributed by atoms with van der Waals surface area (Å²) >= 11 is 5.15.